The molecule has 0 spiro atoms. The number of piperidine rings is 1. The molecule has 2 aromatic heterocycles. The van der Waals surface area contributed by atoms with E-state index in [1.807, 2.05) is 0 Å². The average molecular weight is 532 g/mol. The second kappa shape index (κ2) is 9.30. The van der Waals surface area contributed by atoms with Gasteiger partial charge in [-0.15, -0.1) is 0 Å². The summed E-state index contributed by atoms with van der Waals surface area (Å²) in [5, 5.41) is 2.68. The molecule has 2 aliphatic rings. The molecular weight excluding hydrogens is 505 g/mol. The Morgan fingerprint density at radius 2 is 2.05 bits per heavy atom. The van der Waals surface area contributed by atoms with E-state index >= 15 is 0 Å². The van der Waals surface area contributed by atoms with Crippen LogP contribution in [-0.4, -0.2) is 60.4 Å². The van der Waals surface area contributed by atoms with Crippen molar-refractivity contribution in [3.8, 4) is 5.75 Å². The van der Waals surface area contributed by atoms with Crippen LogP contribution in [-0.2, 0) is 17.1 Å². The van der Waals surface area contributed by atoms with E-state index in [0.717, 1.165) is 0 Å². The molecule has 196 valence electrons. The van der Waals surface area contributed by atoms with Gasteiger partial charge in [0.2, 0.25) is 10.0 Å². The number of fused-ring (bicyclic) bond motifs is 2. The van der Waals surface area contributed by atoms with Gasteiger partial charge in [-0.2, -0.15) is 0 Å². The maximum absolute atomic E-state index is 13.6. The van der Waals surface area contributed by atoms with E-state index in [-0.39, 0.29) is 47.0 Å². The van der Waals surface area contributed by atoms with E-state index in [1.165, 1.54) is 35.4 Å². The standard InChI is InChI=1S/C24H26FN5O6S/c1-13-8-16(4-5-17(13)25)27-23(31)21-22-19(10-29(21)3)37(33,34)28-18-9-30(7-6-15(18)11-35-22)24(32)20-14(2)36-12-26-20/h4-5,8,10,12,15,18,28H,6-7,9,11H2,1-3H3,(H,27,31)/t15-,18-/m1/s1. The lowest BCUT2D eigenvalue weighted by atomic mass is 9.92. The lowest BCUT2D eigenvalue weighted by Gasteiger charge is -2.39. The number of anilines is 1. The van der Waals surface area contributed by atoms with Gasteiger partial charge in [-0.3, -0.25) is 9.59 Å². The van der Waals surface area contributed by atoms with Gasteiger partial charge in [-0.25, -0.2) is 22.5 Å². The van der Waals surface area contributed by atoms with Gasteiger partial charge in [-0.05, 0) is 44.0 Å². The molecule has 2 aliphatic heterocycles. The Bertz CT molecular complexity index is 1500. The number of hydrogen-bond acceptors (Lipinski definition) is 7. The fraction of sp³-hybridized carbons (Fsp3) is 0.375. The zero-order chi connectivity index (χ0) is 26.5. The minimum atomic E-state index is -4.10. The molecule has 0 aliphatic carbocycles. The second-order valence-corrected chi connectivity index (χ2v) is 11.0. The molecule has 2 atom stereocenters. The third-order valence-corrected chi connectivity index (χ3v) is 8.24. The van der Waals surface area contributed by atoms with Crippen LogP contribution in [0.4, 0.5) is 10.1 Å². The first-order valence-corrected chi connectivity index (χ1v) is 13.1. The predicted molar refractivity (Wildman–Crippen MR) is 129 cm³/mol. The van der Waals surface area contributed by atoms with E-state index in [1.54, 1.807) is 25.8 Å². The van der Waals surface area contributed by atoms with Gasteiger partial charge in [-0.1, -0.05) is 0 Å². The van der Waals surface area contributed by atoms with Gasteiger partial charge >= 0.3 is 0 Å². The van der Waals surface area contributed by atoms with E-state index in [9.17, 15) is 22.4 Å². The molecule has 0 bridgehead atoms. The summed E-state index contributed by atoms with van der Waals surface area (Å²) < 4.78 is 55.6. The lowest BCUT2D eigenvalue weighted by molar-refractivity contribution is 0.0593. The van der Waals surface area contributed by atoms with Crippen LogP contribution >= 0.6 is 0 Å². The number of ether oxygens (including phenoxy) is 1. The Balaban J connectivity index is 1.40. The largest absolute Gasteiger partial charge is 0.489 e. The highest BCUT2D eigenvalue weighted by Crippen LogP contribution is 2.35. The molecule has 3 aromatic rings. The number of carbonyl (C=O) groups is 2. The summed E-state index contributed by atoms with van der Waals surface area (Å²) in [5.41, 5.74) is 0.943. The Kier molecular flexibility index (Phi) is 6.28. The molecule has 1 aromatic carbocycles. The smallest absolute Gasteiger partial charge is 0.276 e. The predicted octanol–water partition coefficient (Wildman–Crippen LogP) is 2.22. The Morgan fingerprint density at radius 3 is 2.76 bits per heavy atom. The van der Waals surface area contributed by atoms with Crippen molar-refractivity contribution in [1.29, 1.82) is 0 Å². The van der Waals surface area contributed by atoms with Crippen LogP contribution in [0.5, 0.6) is 5.75 Å². The van der Waals surface area contributed by atoms with Crippen molar-refractivity contribution in [3.63, 3.8) is 0 Å². The van der Waals surface area contributed by atoms with Crippen LogP contribution in [0, 0.1) is 25.6 Å². The molecule has 2 amide bonds. The molecular formula is C24H26FN5O6S. The first kappa shape index (κ1) is 25.0. The summed E-state index contributed by atoms with van der Waals surface area (Å²) in [6, 6.07) is 3.56. The Labute approximate surface area is 212 Å². The highest BCUT2D eigenvalue weighted by Gasteiger charge is 2.40. The summed E-state index contributed by atoms with van der Waals surface area (Å²) in [6.45, 7) is 3.88. The molecule has 1 fully saturated rings. The van der Waals surface area contributed by atoms with Crippen LogP contribution in [0.1, 0.15) is 38.7 Å². The number of sulfonamides is 1. The van der Waals surface area contributed by atoms with Crippen molar-refractivity contribution in [2.75, 3.05) is 25.0 Å². The van der Waals surface area contributed by atoms with E-state index in [4.69, 9.17) is 9.15 Å². The number of benzene rings is 1. The maximum Gasteiger partial charge on any atom is 0.276 e. The first-order chi connectivity index (χ1) is 17.5. The minimum absolute atomic E-state index is 0.0231. The number of amides is 2. The van der Waals surface area contributed by atoms with Gasteiger partial charge < -0.3 is 23.9 Å². The van der Waals surface area contributed by atoms with Crippen molar-refractivity contribution in [2.45, 2.75) is 31.2 Å². The van der Waals surface area contributed by atoms with Crippen molar-refractivity contribution in [2.24, 2.45) is 13.0 Å². The zero-order valence-electron chi connectivity index (χ0n) is 20.4. The normalized spacial score (nSPS) is 20.7. The van der Waals surface area contributed by atoms with Crippen molar-refractivity contribution in [3.05, 3.63) is 59.3 Å². The van der Waals surface area contributed by atoms with E-state index < -0.39 is 27.8 Å². The van der Waals surface area contributed by atoms with Gasteiger partial charge in [0.05, 0.1) is 6.61 Å². The number of nitrogens with one attached hydrogen (secondary N) is 2. The quantitative estimate of drug-likeness (QED) is 0.529. The monoisotopic (exact) mass is 531 g/mol. The third kappa shape index (κ3) is 4.60. The van der Waals surface area contributed by atoms with Crippen LogP contribution in [0.15, 0.2) is 40.1 Å². The molecule has 4 heterocycles. The van der Waals surface area contributed by atoms with Crippen LogP contribution in [0.25, 0.3) is 0 Å². The SMILES string of the molecule is Cc1cc(NC(=O)c2c3c(cn2C)S(=O)(=O)N[C@@H]2CN(C(=O)c4ncoc4C)CC[C@@H]2CO3)ccc1F. The summed E-state index contributed by atoms with van der Waals surface area (Å²) in [4.78, 5) is 31.4. The molecule has 5 rings (SSSR count). The summed E-state index contributed by atoms with van der Waals surface area (Å²) in [6.07, 6.45) is 2.99. The van der Waals surface area contributed by atoms with Crippen LogP contribution < -0.4 is 14.8 Å². The number of oxazole rings is 1. The van der Waals surface area contributed by atoms with Gasteiger partial charge in [0.15, 0.2) is 23.5 Å². The summed E-state index contributed by atoms with van der Waals surface area (Å²) >= 11 is 0. The van der Waals surface area contributed by atoms with Crippen molar-refractivity contribution >= 4 is 27.5 Å². The number of halogens is 1. The number of aromatic nitrogens is 2. The fourth-order valence-electron chi connectivity index (χ4n) is 4.71. The number of nitrogens with zero attached hydrogens (tertiary/aromatic N) is 3. The van der Waals surface area contributed by atoms with Crippen LogP contribution in [0.3, 0.4) is 0 Å². The van der Waals surface area contributed by atoms with Gasteiger partial charge in [0.25, 0.3) is 11.8 Å². The molecule has 0 saturated carbocycles. The van der Waals surface area contributed by atoms with E-state index in [2.05, 4.69) is 15.0 Å². The molecule has 2 N–H and O–H groups in total. The molecule has 1 saturated heterocycles. The fourth-order valence-corrected chi connectivity index (χ4v) is 6.20. The summed E-state index contributed by atoms with van der Waals surface area (Å²) in [5.74, 6) is -1.22. The number of carbonyl (C=O) groups excluding carboxylic acids is 2. The lowest BCUT2D eigenvalue weighted by Crippen LogP contribution is -2.56. The summed E-state index contributed by atoms with van der Waals surface area (Å²) in [7, 11) is -2.56. The first-order valence-electron chi connectivity index (χ1n) is 11.7. The Morgan fingerprint density at radius 1 is 1.27 bits per heavy atom. The van der Waals surface area contributed by atoms with Gasteiger partial charge in [0.1, 0.15) is 16.5 Å². The topological polar surface area (TPSA) is 136 Å². The minimum Gasteiger partial charge on any atom is -0.489 e. The molecule has 11 nitrogen and oxygen atoms in total. The van der Waals surface area contributed by atoms with Crippen molar-refractivity contribution < 1.29 is 31.6 Å². The molecule has 0 unspecified atom stereocenters. The zero-order valence-corrected chi connectivity index (χ0v) is 21.3. The Hall–Kier alpha value is -3.71. The average Bonchev–Trinajstić information content (AvgIpc) is 3.42. The van der Waals surface area contributed by atoms with Crippen molar-refractivity contribution in [1.82, 2.24) is 19.2 Å². The number of hydrogen-bond donors (Lipinski definition) is 2. The molecule has 13 heteroatoms. The molecule has 0 radical (unpaired) electrons. The van der Waals surface area contributed by atoms with Crippen LogP contribution in [0.2, 0.25) is 0 Å². The highest BCUT2D eigenvalue weighted by molar-refractivity contribution is 7.89. The third-order valence-electron chi connectivity index (χ3n) is 6.76. The molecule has 37 heavy (non-hydrogen) atoms. The van der Waals surface area contributed by atoms with Gasteiger partial charge in [0, 0.05) is 44.0 Å². The van der Waals surface area contributed by atoms with E-state index in [0.29, 0.717) is 30.0 Å². The maximum atomic E-state index is 13.6. The number of rotatable bonds is 3. The number of aryl methyl sites for hydroxylation is 3. The highest BCUT2D eigenvalue weighted by atomic mass is 32.2. The number of likely N-dealkylation sites (tertiary alicyclic amines) is 1. The second-order valence-electron chi connectivity index (χ2n) is 9.30.